The van der Waals surface area contributed by atoms with Crippen molar-refractivity contribution < 1.29 is 28.6 Å². The molecule has 1 fully saturated rings. The van der Waals surface area contributed by atoms with Crippen LogP contribution in [-0.4, -0.2) is 24.6 Å². The van der Waals surface area contributed by atoms with Gasteiger partial charge in [0.15, 0.2) is 11.5 Å². The minimum atomic E-state index is -0.850. The lowest BCUT2D eigenvalue weighted by Crippen LogP contribution is -2.54. The van der Waals surface area contributed by atoms with E-state index in [1.807, 2.05) is 12.1 Å². The molecule has 0 spiro atoms. The molecule has 0 bridgehead atoms. The van der Waals surface area contributed by atoms with E-state index in [4.69, 9.17) is 14.2 Å². The lowest BCUT2D eigenvalue weighted by atomic mass is 10.1. The zero-order chi connectivity index (χ0) is 26.1. The molecular formula is C26H15I2N3O6. The summed E-state index contributed by atoms with van der Waals surface area (Å²) >= 11 is 4.22. The standard InChI is InChI=1S/C26H15I2N3O6/c27-19-8-14(9-20(28)23(19)35-12-16-4-2-1-3-15(16)11-29)7-18-24(32)30-26(34)31(25(18)33)17-5-6-21-22(10-17)37-13-36-21/h1-10H,12-13H2,(H,30,32,34)/b18-7+. The van der Waals surface area contributed by atoms with Crippen molar-refractivity contribution in [3.8, 4) is 23.3 Å². The number of carbonyl (C=O) groups is 3. The van der Waals surface area contributed by atoms with Crippen LogP contribution in [0.2, 0.25) is 0 Å². The third-order valence-corrected chi connectivity index (χ3v) is 7.16. The van der Waals surface area contributed by atoms with Gasteiger partial charge in [-0.15, -0.1) is 0 Å². The van der Waals surface area contributed by atoms with Crippen LogP contribution in [0, 0.1) is 18.5 Å². The number of hydrogen-bond acceptors (Lipinski definition) is 7. The number of halogens is 2. The average Bonchev–Trinajstić information content (AvgIpc) is 3.34. The molecule has 0 aliphatic carbocycles. The maximum atomic E-state index is 13.3. The van der Waals surface area contributed by atoms with Crippen molar-refractivity contribution in [2.75, 3.05) is 11.7 Å². The predicted octanol–water partition coefficient (Wildman–Crippen LogP) is 4.74. The van der Waals surface area contributed by atoms with Crippen LogP contribution in [0.15, 0.2) is 60.2 Å². The zero-order valence-corrected chi connectivity index (χ0v) is 23.1. The molecule has 11 heteroatoms. The molecule has 3 aromatic carbocycles. The Bertz CT molecular complexity index is 1520. The highest BCUT2D eigenvalue weighted by atomic mass is 127. The van der Waals surface area contributed by atoms with Crippen molar-refractivity contribution in [1.82, 2.24) is 5.32 Å². The van der Waals surface area contributed by atoms with Crippen molar-refractivity contribution in [1.29, 1.82) is 5.26 Å². The topological polar surface area (TPSA) is 118 Å². The summed E-state index contributed by atoms with van der Waals surface area (Å²) in [6, 6.07) is 16.7. The summed E-state index contributed by atoms with van der Waals surface area (Å²) in [5.74, 6) is -0.0233. The van der Waals surface area contributed by atoms with Gasteiger partial charge in [0.25, 0.3) is 11.8 Å². The Balaban J connectivity index is 1.41. The summed E-state index contributed by atoms with van der Waals surface area (Å²) in [5.41, 5.74) is 1.94. The molecule has 2 heterocycles. The van der Waals surface area contributed by atoms with E-state index in [1.165, 1.54) is 12.1 Å². The van der Waals surface area contributed by atoms with Crippen molar-refractivity contribution >= 4 is 74.8 Å². The zero-order valence-electron chi connectivity index (χ0n) is 18.8. The third kappa shape index (κ3) is 4.98. The van der Waals surface area contributed by atoms with Crippen molar-refractivity contribution in [2.45, 2.75) is 6.61 Å². The van der Waals surface area contributed by atoms with Gasteiger partial charge in [-0.1, -0.05) is 18.2 Å². The van der Waals surface area contributed by atoms with Gasteiger partial charge < -0.3 is 14.2 Å². The van der Waals surface area contributed by atoms with Crippen LogP contribution in [0.25, 0.3) is 6.08 Å². The number of anilines is 1. The number of benzene rings is 3. The van der Waals surface area contributed by atoms with Gasteiger partial charge in [-0.25, -0.2) is 9.69 Å². The number of imide groups is 2. The molecule has 1 saturated heterocycles. The van der Waals surface area contributed by atoms with Crippen molar-refractivity contribution in [3.63, 3.8) is 0 Å². The molecular weight excluding hydrogens is 704 g/mol. The molecule has 37 heavy (non-hydrogen) atoms. The maximum Gasteiger partial charge on any atom is 0.335 e. The third-order valence-electron chi connectivity index (χ3n) is 5.56. The summed E-state index contributed by atoms with van der Waals surface area (Å²) in [6.45, 7) is 0.258. The molecule has 9 nitrogen and oxygen atoms in total. The van der Waals surface area contributed by atoms with Crippen LogP contribution < -0.4 is 24.4 Å². The summed E-state index contributed by atoms with van der Waals surface area (Å²) < 4.78 is 18.1. The molecule has 0 atom stereocenters. The molecule has 0 radical (unpaired) electrons. The van der Waals surface area contributed by atoms with Gasteiger partial charge in [-0.3, -0.25) is 14.9 Å². The highest BCUT2D eigenvalue weighted by Crippen LogP contribution is 2.37. The summed E-state index contributed by atoms with van der Waals surface area (Å²) in [6.07, 6.45) is 1.43. The molecule has 5 rings (SSSR count). The molecule has 0 aromatic heterocycles. The van der Waals surface area contributed by atoms with E-state index in [-0.39, 0.29) is 24.7 Å². The molecule has 0 unspecified atom stereocenters. The Kier molecular flexibility index (Phi) is 7.02. The summed E-state index contributed by atoms with van der Waals surface area (Å²) in [5, 5.41) is 11.5. The van der Waals surface area contributed by atoms with Crippen LogP contribution in [-0.2, 0) is 16.2 Å². The van der Waals surface area contributed by atoms with Gasteiger partial charge in [-0.2, -0.15) is 5.26 Å². The second kappa shape index (κ2) is 10.4. The first kappa shape index (κ1) is 25.0. The smallest absolute Gasteiger partial charge is 0.335 e. The van der Waals surface area contributed by atoms with Gasteiger partial charge in [0.2, 0.25) is 6.79 Å². The first-order valence-electron chi connectivity index (χ1n) is 10.8. The highest BCUT2D eigenvalue weighted by Gasteiger charge is 2.37. The van der Waals surface area contributed by atoms with Crippen molar-refractivity contribution in [2.24, 2.45) is 0 Å². The second-order valence-electron chi connectivity index (χ2n) is 7.87. The SMILES string of the molecule is N#Cc1ccccc1COc1c(I)cc(/C=C2\C(=O)NC(=O)N(c3ccc4c(c3)OCO4)C2=O)cc1I. The average molecular weight is 719 g/mol. The van der Waals surface area contributed by atoms with Gasteiger partial charge in [0, 0.05) is 11.6 Å². The van der Waals surface area contributed by atoms with E-state index in [0.29, 0.717) is 28.4 Å². The van der Waals surface area contributed by atoms with Crippen LogP contribution in [0.1, 0.15) is 16.7 Å². The van der Waals surface area contributed by atoms with Gasteiger partial charge in [0.05, 0.1) is 24.5 Å². The quantitative estimate of drug-likeness (QED) is 0.230. The fourth-order valence-electron chi connectivity index (χ4n) is 3.79. The van der Waals surface area contributed by atoms with Crippen LogP contribution in [0.4, 0.5) is 10.5 Å². The maximum absolute atomic E-state index is 13.3. The highest BCUT2D eigenvalue weighted by molar-refractivity contribution is 14.1. The fourth-order valence-corrected chi connectivity index (χ4v) is 5.92. The minimum absolute atomic E-state index is 0.0460. The van der Waals surface area contributed by atoms with Crippen LogP contribution in [0.5, 0.6) is 17.2 Å². The molecule has 2 aliphatic heterocycles. The Morgan fingerprint density at radius 2 is 1.76 bits per heavy atom. The normalized spacial score (nSPS) is 15.5. The largest absolute Gasteiger partial charge is 0.487 e. The van der Waals surface area contributed by atoms with E-state index < -0.39 is 17.8 Å². The summed E-state index contributed by atoms with van der Waals surface area (Å²) in [7, 11) is 0. The molecule has 184 valence electrons. The van der Waals surface area contributed by atoms with Crippen molar-refractivity contribution in [3.05, 3.63) is 84.0 Å². The number of barbiturate groups is 1. The number of ether oxygens (including phenoxy) is 3. The van der Waals surface area contributed by atoms with Gasteiger partial charge >= 0.3 is 6.03 Å². The Morgan fingerprint density at radius 3 is 2.51 bits per heavy atom. The number of carbonyl (C=O) groups excluding carboxylic acids is 3. The van der Waals surface area contributed by atoms with E-state index >= 15 is 0 Å². The van der Waals surface area contributed by atoms with Crippen LogP contribution in [0.3, 0.4) is 0 Å². The molecule has 1 N–H and O–H groups in total. The molecule has 3 aromatic rings. The molecule has 2 aliphatic rings. The first-order chi connectivity index (χ1) is 17.9. The van der Waals surface area contributed by atoms with E-state index in [0.717, 1.165) is 17.6 Å². The number of fused-ring (bicyclic) bond motifs is 1. The monoisotopic (exact) mass is 719 g/mol. The number of amides is 4. The Morgan fingerprint density at radius 1 is 1.03 bits per heavy atom. The number of nitriles is 1. The number of nitrogens with zero attached hydrogens (tertiary/aromatic N) is 2. The Hall–Kier alpha value is -3.64. The molecule has 4 amide bonds. The fraction of sp³-hybridized carbons (Fsp3) is 0.0769. The number of rotatable bonds is 5. The predicted molar refractivity (Wildman–Crippen MR) is 149 cm³/mol. The number of nitrogens with one attached hydrogen (secondary N) is 1. The lowest BCUT2D eigenvalue weighted by Gasteiger charge is -2.26. The Labute approximate surface area is 238 Å². The minimum Gasteiger partial charge on any atom is -0.487 e. The van der Waals surface area contributed by atoms with E-state index in [1.54, 1.807) is 36.4 Å². The lowest BCUT2D eigenvalue weighted by molar-refractivity contribution is -0.122. The van der Waals surface area contributed by atoms with Crippen LogP contribution >= 0.6 is 45.2 Å². The first-order valence-corrected chi connectivity index (χ1v) is 12.9. The van der Waals surface area contributed by atoms with E-state index in [2.05, 4.69) is 56.6 Å². The van der Waals surface area contributed by atoms with Gasteiger partial charge in [-0.05, 0) is 87.2 Å². The number of hydrogen-bond donors (Lipinski definition) is 1. The van der Waals surface area contributed by atoms with E-state index in [9.17, 15) is 19.6 Å². The second-order valence-corrected chi connectivity index (χ2v) is 10.2. The summed E-state index contributed by atoms with van der Waals surface area (Å²) in [4.78, 5) is 39.3. The van der Waals surface area contributed by atoms with Gasteiger partial charge in [0.1, 0.15) is 17.9 Å². The molecule has 0 saturated carbocycles. The number of urea groups is 1.